The highest BCUT2D eigenvalue weighted by Gasteiger charge is 2.24. The molecule has 3 heteroatoms. The molecule has 2 rings (SSSR count). The van der Waals surface area contributed by atoms with Crippen LogP contribution in [-0.4, -0.2) is 36.9 Å². The molecular formula is C17H34N2O. The summed E-state index contributed by atoms with van der Waals surface area (Å²) in [5.74, 6) is 1.23. The van der Waals surface area contributed by atoms with E-state index in [4.69, 9.17) is 0 Å². The van der Waals surface area contributed by atoms with Crippen molar-refractivity contribution in [1.82, 2.24) is 10.6 Å². The van der Waals surface area contributed by atoms with Crippen molar-refractivity contribution in [1.29, 1.82) is 0 Å². The van der Waals surface area contributed by atoms with Crippen LogP contribution in [0, 0.1) is 11.8 Å². The first-order valence-corrected chi connectivity index (χ1v) is 8.87. The molecule has 0 radical (unpaired) electrons. The predicted octanol–water partition coefficient (Wildman–Crippen LogP) is 2.69. The zero-order valence-corrected chi connectivity index (χ0v) is 13.2. The van der Waals surface area contributed by atoms with Gasteiger partial charge in [-0.1, -0.05) is 25.7 Å². The molecule has 118 valence electrons. The number of rotatable bonds is 6. The van der Waals surface area contributed by atoms with E-state index in [0.717, 1.165) is 6.54 Å². The normalized spacial score (nSPS) is 33.6. The topological polar surface area (TPSA) is 44.3 Å². The Kier molecular flexibility index (Phi) is 7.32. The lowest BCUT2D eigenvalue weighted by Gasteiger charge is -2.32. The van der Waals surface area contributed by atoms with Crippen LogP contribution in [-0.2, 0) is 0 Å². The van der Waals surface area contributed by atoms with Crippen molar-refractivity contribution >= 4 is 0 Å². The first-order chi connectivity index (χ1) is 9.79. The van der Waals surface area contributed by atoms with Gasteiger partial charge in [-0.15, -0.1) is 0 Å². The van der Waals surface area contributed by atoms with E-state index in [1.807, 2.05) is 0 Å². The van der Waals surface area contributed by atoms with Crippen LogP contribution in [0.5, 0.6) is 0 Å². The molecule has 0 spiro atoms. The second kappa shape index (κ2) is 9.01. The molecule has 1 aliphatic carbocycles. The van der Waals surface area contributed by atoms with Crippen molar-refractivity contribution in [2.45, 2.75) is 76.8 Å². The molecule has 4 unspecified atom stereocenters. The number of hydrogen-bond donors (Lipinski definition) is 3. The van der Waals surface area contributed by atoms with Crippen LogP contribution in [0.15, 0.2) is 0 Å². The average Bonchev–Trinajstić information content (AvgIpc) is 2.74. The fourth-order valence-electron chi connectivity index (χ4n) is 3.96. The minimum Gasteiger partial charge on any atom is -0.396 e. The van der Waals surface area contributed by atoms with Crippen LogP contribution in [0.1, 0.15) is 64.7 Å². The predicted molar refractivity (Wildman–Crippen MR) is 84.9 cm³/mol. The summed E-state index contributed by atoms with van der Waals surface area (Å²) in [5, 5.41) is 16.9. The molecule has 0 aromatic heterocycles. The van der Waals surface area contributed by atoms with Crippen LogP contribution in [0.2, 0.25) is 0 Å². The quantitative estimate of drug-likeness (QED) is 0.702. The summed E-state index contributed by atoms with van der Waals surface area (Å²) in [5.41, 5.74) is 0. The Morgan fingerprint density at radius 3 is 2.60 bits per heavy atom. The number of hydrogen-bond acceptors (Lipinski definition) is 3. The van der Waals surface area contributed by atoms with Gasteiger partial charge in [0.25, 0.3) is 0 Å². The molecule has 2 aliphatic rings. The van der Waals surface area contributed by atoms with Crippen LogP contribution >= 0.6 is 0 Å². The van der Waals surface area contributed by atoms with E-state index in [1.165, 1.54) is 64.3 Å². The highest BCUT2D eigenvalue weighted by molar-refractivity contribution is 4.80. The summed E-state index contributed by atoms with van der Waals surface area (Å²) in [7, 11) is 0. The molecule has 1 heterocycles. The van der Waals surface area contributed by atoms with E-state index < -0.39 is 0 Å². The summed E-state index contributed by atoms with van der Waals surface area (Å²) in [6.45, 7) is 5.00. The molecule has 0 aromatic carbocycles. The minimum atomic E-state index is 0.380. The lowest BCUT2D eigenvalue weighted by molar-refractivity contribution is 0.130. The highest BCUT2D eigenvalue weighted by atomic mass is 16.3. The first-order valence-electron chi connectivity index (χ1n) is 8.87. The van der Waals surface area contributed by atoms with Crippen molar-refractivity contribution in [2.24, 2.45) is 11.8 Å². The molecular weight excluding hydrogens is 248 g/mol. The van der Waals surface area contributed by atoms with Gasteiger partial charge in [-0.25, -0.2) is 0 Å². The third-order valence-corrected chi connectivity index (χ3v) is 5.33. The van der Waals surface area contributed by atoms with E-state index in [0.29, 0.717) is 30.5 Å². The highest BCUT2D eigenvalue weighted by Crippen LogP contribution is 2.29. The van der Waals surface area contributed by atoms with E-state index in [1.54, 1.807) is 0 Å². The van der Waals surface area contributed by atoms with Crippen molar-refractivity contribution in [3.8, 4) is 0 Å². The Morgan fingerprint density at radius 1 is 1.05 bits per heavy atom. The Hall–Kier alpha value is -0.120. The third kappa shape index (κ3) is 5.34. The number of nitrogens with one attached hydrogen (secondary N) is 2. The third-order valence-electron chi connectivity index (χ3n) is 5.33. The lowest BCUT2D eigenvalue weighted by atomic mass is 9.79. The maximum Gasteiger partial charge on any atom is 0.0462 e. The van der Waals surface area contributed by atoms with Gasteiger partial charge in [0, 0.05) is 18.7 Å². The molecule has 3 nitrogen and oxygen atoms in total. The SMILES string of the molecule is CC(CC1CCCCCN1)NCC1CCCCC1CO. The second-order valence-electron chi connectivity index (χ2n) is 7.03. The van der Waals surface area contributed by atoms with Gasteiger partial charge in [0.1, 0.15) is 0 Å². The van der Waals surface area contributed by atoms with Crippen LogP contribution in [0.25, 0.3) is 0 Å². The molecule has 1 saturated heterocycles. The smallest absolute Gasteiger partial charge is 0.0462 e. The molecule has 1 aliphatic heterocycles. The maximum atomic E-state index is 9.48. The average molecular weight is 282 g/mol. The summed E-state index contributed by atoms with van der Waals surface area (Å²) < 4.78 is 0. The standard InChI is InChI=1S/C17H34N2O/c1-14(11-17-9-3-2-6-10-18-17)19-12-15-7-4-5-8-16(15)13-20/h14-20H,2-13H2,1H3. The molecule has 1 saturated carbocycles. The molecule has 0 aromatic rings. The van der Waals surface area contributed by atoms with Gasteiger partial charge in [-0.2, -0.15) is 0 Å². The van der Waals surface area contributed by atoms with E-state index in [9.17, 15) is 5.11 Å². The van der Waals surface area contributed by atoms with Gasteiger partial charge >= 0.3 is 0 Å². The second-order valence-corrected chi connectivity index (χ2v) is 7.03. The van der Waals surface area contributed by atoms with Crippen molar-refractivity contribution in [3.63, 3.8) is 0 Å². The lowest BCUT2D eigenvalue weighted by Crippen LogP contribution is -2.40. The van der Waals surface area contributed by atoms with Crippen LogP contribution in [0.3, 0.4) is 0 Å². The van der Waals surface area contributed by atoms with Crippen LogP contribution in [0.4, 0.5) is 0 Å². The number of aliphatic hydroxyl groups is 1. The van der Waals surface area contributed by atoms with E-state index in [-0.39, 0.29) is 0 Å². The Labute approximate surface area is 124 Å². The zero-order chi connectivity index (χ0) is 14.2. The summed E-state index contributed by atoms with van der Waals surface area (Å²) >= 11 is 0. The van der Waals surface area contributed by atoms with Crippen LogP contribution < -0.4 is 10.6 Å². The fourth-order valence-corrected chi connectivity index (χ4v) is 3.96. The summed E-state index contributed by atoms with van der Waals surface area (Å²) in [4.78, 5) is 0. The monoisotopic (exact) mass is 282 g/mol. The summed E-state index contributed by atoms with van der Waals surface area (Å²) in [6, 6.07) is 1.30. The molecule has 0 bridgehead atoms. The molecule has 0 amide bonds. The molecule has 3 N–H and O–H groups in total. The van der Waals surface area contributed by atoms with Gasteiger partial charge < -0.3 is 15.7 Å². The van der Waals surface area contributed by atoms with Crippen molar-refractivity contribution in [2.75, 3.05) is 19.7 Å². The van der Waals surface area contributed by atoms with Crippen molar-refractivity contribution in [3.05, 3.63) is 0 Å². The van der Waals surface area contributed by atoms with Gasteiger partial charge in [-0.05, 0) is 64.0 Å². The Bertz CT molecular complexity index is 251. The number of aliphatic hydroxyl groups excluding tert-OH is 1. The largest absolute Gasteiger partial charge is 0.396 e. The fraction of sp³-hybridized carbons (Fsp3) is 1.00. The molecule has 2 fully saturated rings. The molecule has 20 heavy (non-hydrogen) atoms. The minimum absolute atomic E-state index is 0.380. The van der Waals surface area contributed by atoms with E-state index in [2.05, 4.69) is 17.6 Å². The maximum absolute atomic E-state index is 9.48. The first kappa shape index (κ1) is 16.3. The van der Waals surface area contributed by atoms with Gasteiger partial charge in [0.15, 0.2) is 0 Å². The zero-order valence-electron chi connectivity index (χ0n) is 13.2. The Balaban J connectivity index is 1.66. The van der Waals surface area contributed by atoms with Gasteiger partial charge in [0.2, 0.25) is 0 Å². The van der Waals surface area contributed by atoms with Gasteiger partial charge in [0.05, 0.1) is 0 Å². The van der Waals surface area contributed by atoms with Crippen molar-refractivity contribution < 1.29 is 5.11 Å². The Morgan fingerprint density at radius 2 is 1.80 bits per heavy atom. The van der Waals surface area contributed by atoms with E-state index >= 15 is 0 Å². The van der Waals surface area contributed by atoms with Gasteiger partial charge in [-0.3, -0.25) is 0 Å². The summed E-state index contributed by atoms with van der Waals surface area (Å²) in [6.07, 6.45) is 11.9. The molecule has 4 atom stereocenters.